The van der Waals surface area contributed by atoms with Gasteiger partial charge < -0.3 is 10.1 Å². The Labute approximate surface area is 108 Å². The Morgan fingerprint density at radius 1 is 1.41 bits per heavy atom. The first-order chi connectivity index (χ1) is 8.19. The standard InChI is InChI=1S/C14H20ClNO/c1-3-17-13-5-4-11(8-12(13)15)9-14(6-7-14)10-16-2/h4-5,8,16H,3,6-7,9-10H2,1-2H3. The fraction of sp³-hybridized carbons (Fsp3) is 0.571. The Kier molecular flexibility index (Phi) is 3.95. The Hall–Kier alpha value is -0.730. The van der Waals surface area contributed by atoms with E-state index in [9.17, 15) is 0 Å². The second kappa shape index (κ2) is 5.28. The highest BCUT2D eigenvalue weighted by Gasteiger charge is 2.41. The van der Waals surface area contributed by atoms with E-state index in [-0.39, 0.29) is 0 Å². The van der Waals surface area contributed by atoms with E-state index in [1.165, 1.54) is 18.4 Å². The van der Waals surface area contributed by atoms with Gasteiger partial charge in [-0.2, -0.15) is 0 Å². The number of benzene rings is 1. The lowest BCUT2D eigenvalue weighted by molar-refractivity contribution is 0.340. The summed E-state index contributed by atoms with van der Waals surface area (Å²) in [4.78, 5) is 0. The zero-order valence-electron chi connectivity index (χ0n) is 10.6. The summed E-state index contributed by atoms with van der Waals surface area (Å²) >= 11 is 6.19. The van der Waals surface area contributed by atoms with Gasteiger partial charge in [-0.05, 0) is 56.3 Å². The van der Waals surface area contributed by atoms with Crippen molar-refractivity contribution in [3.05, 3.63) is 28.8 Å². The van der Waals surface area contributed by atoms with Gasteiger partial charge >= 0.3 is 0 Å². The monoisotopic (exact) mass is 253 g/mol. The Morgan fingerprint density at radius 3 is 2.71 bits per heavy atom. The number of hydrogen-bond donors (Lipinski definition) is 1. The van der Waals surface area contributed by atoms with Gasteiger partial charge in [0.1, 0.15) is 5.75 Å². The number of nitrogens with one attached hydrogen (secondary N) is 1. The molecule has 1 aromatic carbocycles. The molecule has 0 aromatic heterocycles. The lowest BCUT2D eigenvalue weighted by Crippen LogP contribution is -2.21. The average Bonchev–Trinajstić information content (AvgIpc) is 3.03. The smallest absolute Gasteiger partial charge is 0.137 e. The third-order valence-corrected chi connectivity index (χ3v) is 3.68. The minimum Gasteiger partial charge on any atom is -0.492 e. The van der Waals surface area contributed by atoms with Crippen LogP contribution in [0.2, 0.25) is 5.02 Å². The van der Waals surface area contributed by atoms with Gasteiger partial charge in [-0.3, -0.25) is 0 Å². The topological polar surface area (TPSA) is 21.3 Å². The van der Waals surface area contributed by atoms with Gasteiger partial charge in [-0.15, -0.1) is 0 Å². The van der Waals surface area contributed by atoms with Crippen LogP contribution in [0.3, 0.4) is 0 Å². The zero-order chi connectivity index (χ0) is 12.3. The maximum Gasteiger partial charge on any atom is 0.137 e. The van der Waals surface area contributed by atoms with Crippen LogP contribution in [0.4, 0.5) is 0 Å². The zero-order valence-corrected chi connectivity index (χ0v) is 11.3. The molecule has 1 aromatic rings. The normalized spacial score (nSPS) is 16.9. The molecule has 1 N–H and O–H groups in total. The highest BCUT2D eigenvalue weighted by atomic mass is 35.5. The summed E-state index contributed by atoms with van der Waals surface area (Å²) in [5.41, 5.74) is 1.79. The fourth-order valence-electron chi connectivity index (χ4n) is 2.33. The van der Waals surface area contributed by atoms with Crippen LogP contribution in [0.5, 0.6) is 5.75 Å². The predicted molar refractivity (Wildman–Crippen MR) is 71.9 cm³/mol. The Bertz CT molecular complexity index is 388. The van der Waals surface area contributed by atoms with Crippen molar-refractivity contribution in [3.8, 4) is 5.75 Å². The molecule has 0 saturated heterocycles. The maximum atomic E-state index is 6.19. The Morgan fingerprint density at radius 2 is 2.18 bits per heavy atom. The van der Waals surface area contributed by atoms with Crippen molar-refractivity contribution in [2.24, 2.45) is 5.41 Å². The second-order valence-corrected chi connectivity index (χ2v) is 5.31. The molecule has 0 radical (unpaired) electrons. The van der Waals surface area contributed by atoms with E-state index in [0.29, 0.717) is 12.0 Å². The summed E-state index contributed by atoms with van der Waals surface area (Å²) in [6.07, 6.45) is 3.75. The summed E-state index contributed by atoms with van der Waals surface area (Å²) in [6, 6.07) is 6.16. The van der Waals surface area contributed by atoms with Crippen molar-refractivity contribution in [1.82, 2.24) is 5.32 Å². The van der Waals surface area contributed by atoms with Crippen LogP contribution in [0.1, 0.15) is 25.3 Å². The van der Waals surface area contributed by atoms with Crippen molar-refractivity contribution in [3.63, 3.8) is 0 Å². The molecule has 3 heteroatoms. The van der Waals surface area contributed by atoms with Gasteiger partial charge in [0.15, 0.2) is 0 Å². The predicted octanol–water partition coefficient (Wildman–Crippen LogP) is 3.28. The maximum absolute atomic E-state index is 6.19. The summed E-state index contributed by atoms with van der Waals surface area (Å²) < 4.78 is 5.44. The quantitative estimate of drug-likeness (QED) is 0.840. The van der Waals surface area contributed by atoms with Crippen molar-refractivity contribution in [2.45, 2.75) is 26.2 Å². The van der Waals surface area contributed by atoms with Crippen molar-refractivity contribution >= 4 is 11.6 Å². The van der Waals surface area contributed by atoms with E-state index < -0.39 is 0 Å². The van der Waals surface area contributed by atoms with Gasteiger partial charge in [0.25, 0.3) is 0 Å². The largest absolute Gasteiger partial charge is 0.492 e. The summed E-state index contributed by atoms with van der Waals surface area (Å²) in [7, 11) is 2.02. The van der Waals surface area contributed by atoms with E-state index in [4.69, 9.17) is 16.3 Å². The van der Waals surface area contributed by atoms with Crippen LogP contribution >= 0.6 is 11.6 Å². The van der Waals surface area contributed by atoms with Gasteiger partial charge in [0, 0.05) is 6.54 Å². The summed E-state index contributed by atoms with van der Waals surface area (Å²) in [6.45, 7) is 3.72. The molecule has 0 spiro atoms. The van der Waals surface area contributed by atoms with Gasteiger partial charge in [0.05, 0.1) is 11.6 Å². The highest BCUT2D eigenvalue weighted by molar-refractivity contribution is 6.32. The van der Waals surface area contributed by atoms with Crippen molar-refractivity contribution in [1.29, 1.82) is 0 Å². The molecule has 2 nitrogen and oxygen atoms in total. The van der Waals surface area contributed by atoms with Crippen LogP contribution in [-0.2, 0) is 6.42 Å². The molecular weight excluding hydrogens is 234 g/mol. The molecule has 1 aliphatic rings. The molecule has 1 fully saturated rings. The lowest BCUT2D eigenvalue weighted by atomic mass is 9.96. The van der Waals surface area contributed by atoms with E-state index in [1.807, 2.05) is 26.1 Å². The summed E-state index contributed by atoms with van der Waals surface area (Å²) in [5.74, 6) is 0.788. The van der Waals surface area contributed by atoms with Crippen LogP contribution in [-0.4, -0.2) is 20.2 Å². The molecule has 0 bridgehead atoms. The van der Waals surface area contributed by atoms with E-state index in [2.05, 4.69) is 11.4 Å². The first kappa shape index (κ1) is 12.7. The van der Waals surface area contributed by atoms with Gasteiger partial charge in [0.2, 0.25) is 0 Å². The van der Waals surface area contributed by atoms with Crippen LogP contribution < -0.4 is 10.1 Å². The van der Waals surface area contributed by atoms with Gasteiger partial charge in [-0.25, -0.2) is 0 Å². The molecule has 94 valence electrons. The van der Waals surface area contributed by atoms with Crippen molar-refractivity contribution < 1.29 is 4.74 Å². The van der Waals surface area contributed by atoms with E-state index in [1.54, 1.807) is 0 Å². The molecule has 2 rings (SSSR count). The molecule has 0 unspecified atom stereocenters. The first-order valence-electron chi connectivity index (χ1n) is 6.25. The third kappa shape index (κ3) is 3.14. The van der Waals surface area contributed by atoms with E-state index in [0.717, 1.165) is 23.7 Å². The van der Waals surface area contributed by atoms with Crippen LogP contribution in [0, 0.1) is 5.41 Å². The lowest BCUT2D eigenvalue weighted by Gasteiger charge is -2.15. The molecule has 0 atom stereocenters. The van der Waals surface area contributed by atoms with E-state index >= 15 is 0 Å². The molecule has 17 heavy (non-hydrogen) atoms. The van der Waals surface area contributed by atoms with Gasteiger partial charge in [-0.1, -0.05) is 17.7 Å². The average molecular weight is 254 g/mol. The van der Waals surface area contributed by atoms with Crippen LogP contribution in [0.15, 0.2) is 18.2 Å². The number of rotatable bonds is 6. The molecule has 0 amide bonds. The first-order valence-corrected chi connectivity index (χ1v) is 6.63. The SMILES string of the molecule is CCOc1ccc(CC2(CNC)CC2)cc1Cl. The van der Waals surface area contributed by atoms with Crippen LogP contribution in [0.25, 0.3) is 0 Å². The Balaban J connectivity index is 2.05. The number of hydrogen-bond acceptors (Lipinski definition) is 2. The minimum atomic E-state index is 0.477. The summed E-state index contributed by atoms with van der Waals surface area (Å²) in [5, 5.41) is 4.01. The highest BCUT2D eigenvalue weighted by Crippen LogP contribution is 2.48. The molecule has 0 aliphatic heterocycles. The third-order valence-electron chi connectivity index (χ3n) is 3.38. The van der Waals surface area contributed by atoms with Crippen molar-refractivity contribution in [2.75, 3.05) is 20.2 Å². The molecule has 0 heterocycles. The molecule has 1 saturated carbocycles. The molecular formula is C14H20ClNO. The number of halogens is 1. The second-order valence-electron chi connectivity index (χ2n) is 4.90. The fourth-order valence-corrected chi connectivity index (χ4v) is 2.59. The minimum absolute atomic E-state index is 0.477. The number of ether oxygens (including phenoxy) is 1. The molecule has 1 aliphatic carbocycles.